The van der Waals surface area contributed by atoms with Gasteiger partial charge < -0.3 is 11.1 Å². The molecular formula is C19H24N2O2. The van der Waals surface area contributed by atoms with Crippen molar-refractivity contribution >= 4 is 22.6 Å². The summed E-state index contributed by atoms with van der Waals surface area (Å²) in [5, 5.41) is 5.05. The number of rotatable bonds is 5. The van der Waals surface area contributed by atoms with Crippen LogP contribution < -0.4 is 11.1 Å². The Labute approximate surface area is 137 Å². The van der Waals surface area contributed by atoms with Gasteiger partial charge in [0.05, 0.1) is 5.92 Å². The minimum absolute atomic E-state index is 0.0900. The molecule has 2 atom stereocenters. The molecule has 0 aliphatic heterocycles. The Balaban J connectivity index is 2.25. The number of carbonyl (C=O) groups excluding carboxylic acids is 2. The van der Waals surface area contributed by atoms with Crippen molar-refractivity contribution in [1.82, 2.24) is 5.32 Å². The molecule has 2 aromatic carbocycles. The zero-order valence-electron chi connectivity index (χ0n) is 14.1. The summed E-state index contributed by atoms with van der Waals surface area (Å²) >= 11 is 0. The fraction of sp³-hybridized carbons (Fsp3) is 0.368. The van der Waals surface area contributed by atoms with E-state index in [2.05, 4.69) is 5.32 Å². The van der Waals surface area contributed by atoms with Crippen LogP contribution in [0.2, 0.25) is 0 Å². The third-order valence-corrected chi connectivity index (χ3v) is 4.72. The van der Waals surface area contributed by atoms with E-state index in [1.54, 1.807) is 6.92 Å². The van der Waals surface area contributed by atoms with Gasteiger partial charge in [-0.25, -0.2) is 0 Å². The van der Waals surface area contributed by atoms with E-state index in [0.29, 0.717) is 0 Å². The molecule has 122 valence electrons. The van der Waals surface area contributed by atoms with Crippen LogP contribution >= 0.6 is 0 Å². The number of fused-ring (bicyclic) bond motifs is 1. The zero-order valence-corrected chi connectivity index (χ0v) is 14.1. The summed E-state index contributed by atoms with van der Waals surface area (Å²) in [6, 6.07) is 14.0. The summed E-state index contributed by atoms with van der Waals surface area (Å²) in [5.74, 6) is -1.17. The average molecular weight is 312 g/mol. The number of primary amides is 1. The fourth-order valence-electron chi connectivity index (χ4n) is 2.48. The molecule has 2 aromatic rings. The van der Waals surface area contributed by atoms with E-state index in [0.717, 1.165) is 16.3 Å². The Hall–Kier alpha value is -2.36. The fourth-order valence-corrected chi connectivity index (χ4v) is 2.48. The molecule has 0 bridgehead atoms. The maximum Gasteiger partial charge on any atom is 0.243 e. The smallest absolute Gasteiger partial charge is 0.243 e. The van der Waals surface area contributed by atoms with E-state index in [1.165, 1.54) is 0 Å². The van der Waals surface area contributed by atoms with Crippen molar-refractivity contribution in [3.8, 4) is 0 Å². The van der Waals surface area contributed by atoms with E-state index in [1.807, 2.05) is 63.2 Å². The molecule has 0 aliphatic rings. The van der Waals surface area contributed by atoms with Crippen molar-refractivity contribution in [3.05, 3.63) is 48.0 Å². The lowest BCUT2D eigenvalue weighted by atomic mass is 9.86. The van der Waals surface area contributed by atoms with Crippen molar-refractivity contribution < 1.29 is 9.59 Å². The zero-order chi connectivity index (χ0) is 17.2. The van der Waals surface area contributed by atoms with Crippen molar-refractivity contribution in [2.75, 3.05) is 0 Å². The Morgan fingerprint density at radius 3 is 2.22 bits per heavy atom. The van der Waals surface area contributed by atoms with Crippen LogP contribution in [-0.4, -0.2) is 17.4 Å². The molecule has 0 heterocycles. The second kappa shape index (κ2) is 6.41. The Morgan fingerprint density at radius 1 is 1.04 bits per heavy atom. The van der Waals surface area contributed by atoms with Gasteiger partial charge in [0.15, 0.2) is 0 Å². The molecule has 0 radical (unpaired) electrons. The average Bonchev–Trinajstić information content (AvgIpc) is 2.53. The summed E-state index contributed by atoms with van der Waals surface area (Å²) in [6.45, 7) is 7.24. The van der Waals surface area contributed by atoms with Gasteiger partial charge in [-0.15, -0.1) is 0 Å². The van der Waals surface area contributed by atoms with E-state index in [-0.39, 0.29) is 17.7 Å². The number of amides is 2. The Kier molecular flexibility index (Phi) is 4.73. The Morgan fingerprint density at radius 2 is 1.65 bits per heavy atom. The van der Waals surface area contributed by atoms with Crippen LogP contribution in [0, 0.1) is 5.92 Å². The van der Waals surface area contributed by atoms with Crippen LogP contribution in [0.4, 0.5) is 0 Å². The van der Waals surface area contributed by atoms with E-state index >= 15 is 0 Å². The third-order valence-electron chi connectivity index (χ3n) is 4.72. The predicted octanol–water partition coefficient (Wildman–Crippen LogP) is 2.96. The standard InChI is InChI=1S/C19H24N2O2/c1-12(2)19(4,18(20)23)21-17(22)13(3)15-10-9-14-7-5-6-8-16(14)11-15/h5-13H,1-4H3,(H2,20,23)(H,21,22). The molecule has 4 heteroatoms. The molecule has 0 fully saturated rings. The molecular weight excluding hydrogens is 288 g/mol. The highest BCUT2D eigenvalue weighted by molar-refractivity contribution is 5.93. The normalized spacial score (nSPS) is 15.2. The van der Waals surface area contributed by atoms with Gasteiger partial charge in [-0.2, -0.15) is 0 Å². The van der Waals surface area contributed by atoms with Crippen molar-refractivity contribution in [2.24, 2.45) is 11.7 Å². The first kappa shape index (κ1) is 17.0. The summed E-state index contributed by atoms with van der Waals surface area (Å²) in [6.07, 6.45) is 0. The number of nitrogens with two attached hydrogens (primary N) is 1. The molecule has 23 heavy (non-hydrogen) atoms. The summed E-state index contributed by atoms with van der Waals surface area (Å²) in [7, 11) is 0. The van der Waals surface area contributed by atoms with E-state index in [4.69, 9.17) is 5.73 Å². The lowest BCUT2D eigenvalue weighted by Crippen LogP contribution is -2.59. The highest BCUT2D eigenvalue weighted by Gasteiger charge is 2.37. The van der Waals surface area contributed by atoms with Gasteiger partial charge in [-0.05, 0) is 36.1 Å². The number of carbonyl (C=O) groups is 2. The molecule has 4 nitrogen and oxygen atoms in total. The molecule has 0 saturated heterocycles. The van der Waals surface area contributed by atoms with Crippen LogP contribution in [0.25, 0.3) is 10.8 Å². The van der Waals surface area contributed by atoms with Crippen molar-refractivity contribution in [1.29, 1.82) is 0 Å². The minimum atomic E-state index is -1.05. The van der Waals surface area contributed by atoms with Gasteiger partial charge >= 0.3 is 0 Å². The topological polar surface area (TPSA) is 72.2 Å². The first-order valence-corrected chi connectivity index (χ1v) is 7.86. The van der Waals surface area contributed by atoms with Gasteiger partial charge in [0.2, 0.25) is 11.8 Å². The van der Waals surface area contributed by atoms with Gasteiger partial charge in [0.25, 0.3) is 0 Å². The first-order valence-electron chi connectivity index (χ1n) is 7.86. The summed E-state index contributed by atoms with van der Waals surface area (Å²) < 4.78 is 0. The third kappa shape index (κ3) is 3.36. The SMILES string of the molecule is CC(C(=O)NC(C)(C(N)=O)C(C)C)c1ccc2ccccc2c1. The molecule has 2 rings (SSSR count). The second-order valence-corrected chi connectivity index (χ2v) is 6.54. The van der Waals surface area contributed by atoms with Crippen LogP contribution in [0.3, 0.4) is 0 Å². The van der Waals surface area contributed by atoms with Gasteiger partial charge in [0, 0.05) is 0 Å². The van der Waals surface area contributed by atoms with Crippen molar-refractivity contribution in [2.45, 2.75) is 39.2 Å². The number of nitrogens with one attached hydrogen (secondary N) is 1. The van der Waals surface area contributed by atoms with Crippen LogP contribution in [-0.2, 0) is 9.59 Å². The lowest BCUT2D eigenvalue weighted by Gasteiger charge is -2.32. The monoisotopic (exact) mass is 312 g/mol. The van der Waals surface area contributed by atoms with Crippen molar-refractivity contribution in [3.63, 3.8) is 0 Å². The highest BCUT2D eigenvalue weighted by Crippen LogP contribution is 2.24. The summed E-state index contributed by atoms with van der Waals surface area (Å²) in [5.41, 5.74) is 5.34. The van der Waals surface area contributed by atoms with Crippen LogP contribution in [0.1, 0.15) is 39.2 Å². The lowest BCUT2D eigenvalue weighted by molar-refractivity contribution is -0.133. The predicted molar refractivity (Wildman–Crippen MR) is 92.9 cm³/mol. The molecule has 0 saturated carbocycles. The highest BCUT2D eigenvalue weighted by atomic mass is 16.2. The second-order valence-electron chi connectivity index (χ2n) is 6.54. The van der Waals surface area contributed by atoms with Gasteiger partial charge in [-0.3, -0.25) is 9.59 Å². The number of hydrogen-bond donors (Lipinski definition) is 2. The molecule has 2 unspecified atom stereocenters. The molecule has 3 N–H and O–H groups in total. The molecule has 0 spiro atoms. The van der Waals surface area contributed by atoms with E-state index < -0.39 is 11.4 Å². The van der Waals surface area contributed by atoms with E-state index in [9.17, 15) is 9.59 Å². The largest absolute Gasteiger partial charge is 0.368 e. The maximum atomic E-state index is 12.6. The maximum absolute atomic E-state index is 12.6. The molecule has 0 aromatic heterocycles. The van der Waals surface area contributed by atoms with Gasteiger partial charge in [0.1, 0.15) is 5.54 Å². The van der Waals surface area contributed by atoms with Gasteiger partial charge in [-0.1, -0.05) is 56.3 Å². The number of benzene rings is 2. The minimum Gasteiger partial charge on any atom is -0.368 e. The number of hydrogen-bond acceptors (Lipinski definition) is 2. The molecule has 2 amide bonds. The molecule has 0 aliphatic carbocycles. The van der Waals surface area contributed by atoms with Crippen LogP contribution in [0.15, 0.2) is 42.5 Å². The van der Waals surface area contributed by atoms with Crippen LogP contribution in [0.5, 0.6) is 0 Å². The quantitative estimate of drug-likeness (QED) is 0.891. The first-order chi connectivity index (χ1) is 10.8. The summed E-state index contributed by atoms with van der Waals surface area (Å²) in [4.78, 5) is 24.3. The Bertz CT molecular complexity index is 739.